The van der Waals surface area contributed by atoms with Gasteiger partial charge in [0.05, 0.1) is 0 Å². The molecule has 2 rings (SSSR count). The smallest absolute Gasteiger partial charge is 0.0378 e. The van der Waals surface area contributed by atoms with Crippen LogP contribution in [0.3, 0.4) is 0 Å². The van der Waals surface area contributed by atoms with Crippen molar-refractivity contribution in [2.75, 3.05) is 12.8 Å². The fourth-order valence-corrected chi connectivity index (χ4v) is 3.35. The number of nitrogens with two attached hydrogens (primary N) is 1. The maximum Gasteiger partial charge on any atom is 0.0378 e. The van der Waals surface area contributed by atoms with E-state index in [1.165, 1.54) is 37.7 Å². The van der Waals surface area contributed by atoms with Crippen molar-refractivity contribution in [2.45, 2.75) is 51.5 Å². The van der Waals surface area contributed by atoms with Gasteiger partial charge in [0.25, 0.3) is 0 Å². The van der Waals surface area contributed by atoms with E-state index in [0.717, 1.165) is 23.9 Å². The van der Waals surface area contributed by atoms with Gasteiger partial charge in [0.2, 0.25) is 0 Å². The molecule has 1 atom stereocenters. The lowest BCUT2D eigenvalue weighted by atomic mass is 9.76. The Bertz CT molecular complexity index is 383. The van der Waals surface area contributed by atoms with Gasteiger partial charge in [0.1, 0.15) is 0 Å². The van der Waals surface area contributed by atoms with Crippen LogP contribution in [0.15, 0.2) is 18.5 Å². The maximum absolute atomic E-state index is 6.03. The third-order valence-electron chi connectivity index (χ3n) is 4.79. The summed E-state index contributed by atoms with van der Waals surface area (Å²) in [4.78, 5) is 4.20. The Morgan fingerprint density at radius 3 is 2.68 bits per heavy atom. The van der Waals surface area contributed by atoms with Gasteiger partial charge in [-0.15, -0.1) is 0 Å². The Morgan fingerprint density at radius 1 is 1.37 bits per heavy atom. The van der Waals surface area contributed by atoms with E-state index in [0.29, 0.717) is 6.04 Å². The lowest BCUT2D eigenvalue weighted by molar-refractivity contribution is 0.222. The Kier molecular flexibility index (Phi) is 5.20. The van der Waals surface area contributed by atoms with Crippen LogP contribution in [0.25, 0.3) is 0 Å². The summed E-state index contributed by atoms with van der Waals surface area (Å²) in [5, 5.41) is 3.50. The van der Waals surface area contributed by atoms with E-state index in [1.54, 1.807) is 6.20 Å². The van der Waals surface area contributed by atoms with Crippen LogP contribution in [0, 0.1) is 11.8 Å². The van der Waals surface area contributed by atoms with Gasteiger partial charge in [-0.25, -0.2) is 0 Å². The van der Waals surface area contributed by atoms with E-state index in [4.69, 9.17) is 5.73 Å². The zero-order chi connectivity index (χ0) is 13.7. The molecule has 1 aliphatic rings. The van der Waals surface area contributed by atoms with Crippen LogP contribution in [-0.4, -0.2) is 18.1 Å². The third kappa shape index (κ3) is 3.69. The molecule has 106 valence electrons. The molecule has 1 aliphatic carbocycles. The molecule has 0 bridgehead atoms. The zero-order valence-corrected chi connectivity index (χ0v) is 12.2. The first-order valence-corrected chi connectivity index (χ1v) is 7.60. The van der Waals surface area contributed by atoms with Crippen LogP contribution < -0.4 is 11.1 Å². The summed E-state index contributed by atoms with van der Waals surface area (Å²) in [6.07, 6.45) is 11.5. The van der Waals surface area contributed by atoms with Crippen LogP contribution in [-0.2, 0) is 6.42 Å². The molecule has 1 unspecified atom stereocenters. The van der Waals surface area contributed by atoms with Crippen molar-refractivity contribution in [2.24, 2.45) is 11.8 Å². The number of rotatable bonds is 5. The van der Waals surface area contributed by atoms with E-state index >= 15 is 0 Å². The SMILES string of the molecule is CCC1CCC(C(Cc2cnccc2N)NC)CC1. The number of pyridine rings is 1. The van der Waals surface area contributed by atoms with Gasteiger partial charge in [-0.05, 0) is 49.8 Å². The highest BCUT2D eigenvalue weighted by Gasteiger charge is 2.26. The van der Waals surface area contributed by atoms with E-state index < -0.39 is 0 Å². The molecule has 0 spiro atoms. The van der Waals surface area contributed by atoms with Crippen molar-refractivity contribution >= 4 is 5.69 Å². The first kappa shape index (κ1) is 14.3. The number of hydrogen-bond donors (Lipinski definition) is 2. The van der Waals surface area contributed by atoms with E-state index in [2.05, 4.69) is 24.3 Å². The highest BCUT2D eigenvalue weighted by Crippen LogP contribution is 2.33. The molecule has 19 heavy (non-hydrogen) atoms. The highest BCUT2D eigenvalue weighted by molar-refractivity contribution is 5.44. The first-order chi connectivity index (χ1) is 9.24. The quantitative estimate of drug-likeness (QED) is 0.856. The molecule has 0 aliphatic heterocycles. The minimum Gasteiger partial charge on any atom is -0.398 e. The van der Waals surface area contributed by atoms with Crippen molar-refractivity contribution < 1.29 is 0 Å². The lowest BCUT2D eigenvalue weighted by Crippen LogP contribution is -2.37. The van der Waals surface area contributed by atoms with Crippen molar-refractivity contribution in [1.82, 2.24) is 10.3 Å². The average Bonchev–Trinajstić information content (AvgIpc) is 2.47. The maximum atomic E-state index is 6.03. The van der Waals surface area contributed by atoms with Crippen LogP contribution in [0.2, 0.25) is 0 Å². The second kappa shape index (κ2) is 6.90. The minimum atomic E-state index is 0.532. The normalized spacial score (nSPS) is 25.2. The van der Waals surface area contributed by atoms with E-state index in [9.17, 15) is 0 Å². The summed E-state index contributed by atoms with van der Waals surface area (Å²) in [6, 6.07) is 2.43. The molecule has 3 heteroatoms. The number of anilines is 1. The summed E-state index contributed by atoms with van der Waals surface area (Å²) < 4.78 is 0. The van der Waals surface area contributed by atoms with Gasteiger partial charge >= 0.3 is 0 Å². The predicted molar refractivity (Wildman–Crippen MR) is 80.9 cm³/mol. The Morgan fingerprint density at radius 2 is 2.11 bits per heavy atom. The van der Waals surface area contributed by atoms with Gasteiger partial charge in [-0.1, -0.05) is 26.2 Å². The molecule has 3 N–H and O–H groups in total. The molecule has 3 nitrogen and oxygen atoms in total. The molecule has 1 aromatic rings. The molecule has 1 heterocycles. The molecule has 1 saturated carbocycles. The van der Waals surface area contributed by atoms with Crippen LogP contribution >= 0.6 is 0 Å². The molecule has 0 radical (unpaired) electrons. The molecule has 0 amide bonds. The standard InChI is InChI=1S/C16H27N3/c1-3-12-4-6-13(7-5-12)16(18-2)10-14-11-19-9-8-15(14)17/h8-9,11-13,16,18H,3-7,10H2,1-2H3,(H2,17,19). The summed E-state index contributed by atoms with van der Waals surface area (Å²) in [5.41, 5.74) is 8.08. The number of hydrogen-bond acceptors (Lipinski definition) is 3. The van der Waals surface area contributed by atoms with E-state index in [-0.39, 0.29) is 0 Å². The first-order valence-electron chi connectivity index (χ1n) is 7.60. The Balaban J connectivity index is 1.95. The minimum absolute atomic E-state index is 0.532. The number of aromatic nitrogens is 1. The summed E-state index contributed by atoms with van der Waals surface area (Å²) in [5.74, 6) is 1.74. The Labute approximate surface area is 117 Å². The van der Waals surface area contributed by atoms with Crippen LogP contribution in [0.5, 0.6) is 0 Å². The second-order valence-corrected chi connectivity index (χ2v) is 5.86. The van der Waals surface area contributed by atoms with Gasteiger partial charge in [-0.2, -0.15) is 0 Å². The van der Waals surface area contributed by atoms with Crippen molar-refractivity contribution in [3.8, 4) is 0 Å². The number of likely N-dealkylation sites (N-methyl/N-ethyl adjacent to an activating group) is 1. The monoisotopic (exact) mass is 261 g/mol. The van der Waals surface area contributed by atoms with Crippen LogP contribution in [0.4, 0.5) is 5.69 Å². The largest absolute Gasteiger partial charge is 0.398 e. The third-order valence-corrected chi connectivity index (χ3v) is 4.79. The van der Waals surface area contributed by atoms with Crippen molar-refractivity contribution in [3.05, 3.63) is 24.0 Å². The summed E-state index contributed by atoms with van der Waals surface area (Å²) in [7, 11) is 2.07. The van der Waals surface area contributed by atoms with Gasteiger partial charge in [-0.3, -0.25) is 4.98 Å². The van der Waals surface area contributed by atoms with Crippen molar-refractivity contribution in [1.29, 1.82) is 0 Å². The fourth-order valence-electron chi connectivity index (χ4n) is 3.35. The highest BCUT2D eigenvalue weighted by atomic mass is 14.9. The zero-order valence-electron chi connectivity index (χ0n) is 12.2. The topological polar surface area (TPSA) is 50.9 Å². The van der Waals surface area contributed by atoms with Crippen molar-refractivity contribution in [3.63, 3.8) is 0 Å². The second-order valence-electron chi connectivity index (χ2n) is 5.86. The molecule has 1 fully saturated rings. The number of nitrogens with one attached hydrogen (secondary N) is 1. The summed E-state index contributed by atoms with van der Waals surface area (Å²) >= 11 is 0. The van der Waals surface area contributed by atoms with Gasteiger partial charge in [0, 0.05) is 24.1 Å². The Hall–Kier alpha value is -1.09. The molecular weight excluding hydrogens is 234 g/mol. The fraction of sp³-hybridized carbons (Fsp3) is 0.688. The molecule has 0 aromatic carbocycles. The number of nitrogens with zero attached hydrogens (tertiary/aromatic N) is 1. The van der Waals surface area contributed by atoms with Gasteiger partial charge in [0.15, 0.2) is 0 Å². The molecule has 1 aromatic heterocycles. The van der Waals surface area contributed by atoms with Crippen LogP contribution in [0.1, 0.15) is 44.6 Å². The molecular formula is C16H27N3. The average molecular weight is 261 g/mol. The summed E-state index contributed by atoms with van der Waals surface area (Å²) in [6.45, 7) is 2.32. The van der Waals surface area contributed by atoms with E-state index in [1.807, 2.05) is 12.3 Å². The molecule has 0 saturated heterocycles. The number of nitrogen functional groups attached to an aromatic ring is 1. The van der Waals surface area contributed by atoms with Gasteiger partial charge < -0.3 is 11.1 Å². The predicted octanol–water partition coefficient (Wildman–Crippen LogP) is 3.01. The lowest BCUT2D eigenvalue weighted by Gasteiger charge is -2.33.